The van der Waals surface area contributed by atoms with E-state index in [9.17, 15) is 8.42 Å². The molecule has 0 spiro atoms. The summed E-state index contributed by atoms with van der Waals surface area (Å²) in [6, 6.07) is 9.62. The van der Waals surface area contributed by atoms with Crippen LogP contribution in [0.25, 0.3) is 0 Å². The summed E-state index contributed by atoms with van der Waals surface area (Å²) < 4.78 is 43.6. The van der Waals surface area contributed by atoms with E-state index >= 15 is 0 Å². The highest BCUT2D eigenvalue weighted by Crippen LogP contribution is 2.30. The molecule has 2 aromatic carbocycles. The van der Waals surface area contributed by atoms with E-state index in [0.29, 0.717) is 17.2 Å². The van der Waals surface area contributed by atoms with E-state index in [1.807, 2.05) is 0 Å². The Kier molecular flexibility index (Phi) is 5.92. The van der Waals surface area contributed by atoms with Gasteiger partial charge in [0.1, 0.15) is 5.75 Å². The minimum absolute atomic E-state index is 0.193. The van der Waals surface area contributed by atoms with Crippen LogP contribution in [0.5, 0.6) is 17.2 Å². The van der Waals surface area contributed by atoms with Gasteiger partial charge in [-0.05, 0) is 55.3 Å². The molecule has 0 saturated heterocycles. The van der Waals surface area contributed by atoms with Crippen molar-refractivity contribution in [3.63, 3.8) is 0 Å². The van der Waals surface area contributed by atoms with Crippen LogP contribution in [0.15, 0.2) is 41.3 Å². The molecule has 0 bridgehead atoms. The number of sulfonamides is 1. The zero-order valence-electron chi connectivity index (χ0n) is 15.0. The Morgan fingerprint density at radius 2 is 1.48 bits per heavy atom. The summed E-state index contributed by atoms with van der Waals surface area (Å²) in [5, 5.41) is 0. The molecule has 2 rings (SSSR count). The van der Waals surface area contributed by atoms with E-state index in [1.54, 1.807) is 58.4 Å². The van der Waals surface area contributed by atoms with Crippen molar-refractivity contribution in [3.05, 3.63) is 47.5 Å². The van der Waals surface area contributed by atoms with Gasteiger partial charge in [-0.15, -0.1) is 0 Å². The first kappa shape index (κ1) is 19.1. The van der Waals surface area contributed by atoms with Crippen LogP contribution < -0.4 is 18.9 Å². The second-order valence-electron chi connectivity index (χ2n) is 5.59. The maximum atomic E-state index is 12.6. The summed E-state index contributed by atoms with van der Waals surface area (Å²) in [5.74, 6) is 1.78. The SMILES string of the molecule is COc1ccc(S(=O)(=O)N[C@H](C)c2ccc(OC)c(OC)c2)cc1C. The molecule has 0 radical (unpaired) electrons. The minimum atomic E-state index is -3.67. The normalized spacial score (nSPS) is 12.5. The first-order chi connectivity index (χ1) is 11.8. The molecular weight excluding hydrogens is 342 g/mol. The maximum Gasteiger partial charge on any atom is 0.241 e. The lowest BCUT2D eigenvalue weighted by molar-refractivity contribution is 0.354. The van der Waals surface area contributed by atoms with Crippen molar-refractivity contribution in [3.8, 4) is 17.2 Å². The largest absolute Gasteiger partial charge is 0.496 e. The number of benzene rings is 2. The van der Waals surface area contributed by atoms with Crippen molar-refractivity contribution in [1.82, 2.24) is 4.72 Å². The average Bonchev–Trinajstić information content (AvgIpc) is 2.60. The minimum Gasteiger partial charge on any atom is -0.496 e. The zero-order chi connectivity index (χ0) is 18.6. The Labute approximate surface area is 148 Å². The molecule has 1 atom stereocenters. The average molecular weight is 365 g/mol. The summed E-state index contributed by atoms with van der Waals surface area (Å²) >= 11 is 0. The predicted octanol–water partition coefficient (Wildman–Crippen LogP) is 3.06. The smallest absolute Gasteiger partial charge is 0.241 e. The summed E-state index contributed by atoms with van der Waals surface area (Å²) in [4.78, 5) is 0.193. The second kappa shape index (κ2) is 7.76. The number of hydrogen-bond donors (Lipinski definition) is 1. The second-order valence-corrected chi connectivity index (χ2v) is 7.30. The Hall–Kier alpha value is -2.25. The number of methoxy groups -OCH3 is 3. The molecule has 136 valence electrons. The number of ether oxygens (including phenoxy) is 3. The van der Waals surface area contributed by atoms with E-state index in [0.717, 1.165) is 11.1 Å². The molecule has 0 heterocycles. The van der Waals surface area contributed by atoms with Gasteiger partial charge in [0, 0.05) is 6.04 Å². The van der Waals surface area contributed by atoms with Crippen LogP contribution in [0.4, 0.5) is 0 Å². The first-order valence-corrected chi connectivity index (χ1v) is 9.19. The van der Waals surface area contributed by atoms with Gasteiger partial charge in [-0.25, -0.2) is 13.1 Å². The lowest BCUT2D eigenvalue weighted by atomic mass is 10.1. The third-order valence-electron chi connectivity index (χ3n) is 3.92. The Balaban J connectivity index is 2.26. The quantitative estimate of drug-likeness (QED) is 0.816. The molecule has 1 N–H and O–H groups in total. The molecule has 6 nitrogen and oxygen atoms in total. The summed E-state index contributed by atoms with van der Waals surface area (Å²) in [6.07, 6.45) is 0. The molecule has 0 unspecified atom stereocenters. The standard InChI is InChI=1S/C18H23NO5S/c1-12-10-15(7-9-16(12)22-3)25(20,21)19-13(2)14-6-8-17(23-4)18(11-14)24-5/h6-11,13,19H,1-5H3/t13-/m1/s1. The molecular formula is C18H23NO5S. The third kappa shape index (κ3) is 4.24. The highest BCUT2D eigenvalue weighted by molar-refractivity contribution is 7.89. The van der Waals surface area contributed by atoms with Crippen molar-refractivity contribution in [1.29, 1.82) is 0 Å². The van der Waals surface area contributed by atoms with E-state index in [1.165, 1.54) is 13.2 Å². The molecule has 0 aliphatic rings. The van der Waals surface area contributed by atoms with Crippen LogP contribution >= 0.6 is 0 Å². The number of nitrogens with one attached hydrogen (secondary N) is 1. The van der Waals surface area contributed by atoms with Crippen LogP contribution in [0.3, 0.4) is 0 Å². The van der Waals surface area contributed by atoms with E-state index in [-0.39, 0.29) is 4.90 Å². The fraction of sp³-hybridized carbons (Fsp3) is 0.333. The van der Waals surface area contributed by atoms with Gasteiger partial charge in [-0.2, -0.15) is 0 Å². The van der Waals surface area contributed by atoms with Gasteiger partial charge in [0.15, 0.2) is 11.5 Å². The predicted molar refractivity (Wildman–Crippen MR) is 96.0 cm³/mol. The first-order valence-electron chi connectivity index (χ1n) is 7.71. The van der Waals surface area contributed by atoms with Crippen molar-refractivity contribution in [2.24, 2.45) is 0 Å². The summed E-state index contributed by atoms with van der Waals surface area (Å²) in [7, 11) is 0.971. The molecule has 0 fully saturated rings. The van der Waals surface area contributed by atoms with Gasteiger partial charge in [-0.1, -0.05) is 6.07 Å². The monoisotopic (exact) mass is 365 g/mol. The summed E-state index contributed by atoms with van der Waals surface area (Å²) in [5.41, 5.74) is 1.52. The van der Waals surface area contributed by atoms with Crippen molar-refractivity contribution in [2.75, 3.05) is 21.3 Å². The number of aryl methyl sites for hydroxylation is 1. The zero-order valence-corrected chi connectivity index (χ0v) is 15.8. The maximum absolute atomic E-state index is 12.6. The van der Waals surface area contributed by atoms with Crippen LogP contribution in [0.2, 0.25) is 0 Å². The molecule has 0 aliphatic heterocycles. The van der Waals surface area contributed by atoms with Crippen molar-refractivity contribution < 1.29 is 22.6 Å². The molecule has 0 aromatic heterocycles. The lowest BCUT2D eigenvalue weighted by Crippen LogP contribution is -2.27. The van der Waals surface area contributed by atoms with Gasteiger partial charge in [0.05, 0.1) is 26.2 Å². The van der Waals surface area contributed by atoms with Gasteiger partial charge < -0.3 is 14.2 Å². The van der Waals surface area contributed by atoms with Gasteiger partial charge in [0.25, 0.3) is 0 Å². The van der Waals surface area contributed by atoms with Gasteiger partial charge in [0.2, 0.25) is 10.0 Å². The third-order valence-corrected chi connectivity index (χ3v) is 5.45. The molecule has 0 aliphatic carbocycles. The van der Waals surface area contributed by atoms with Crippen LogP contribution in [-0.2, 0) is 10.0 Å². The Morgan fingerprint density at radius 1 is 0.880 bits per heavy atom. The molecule has 7 heteroatoms. The van der Waals surface area contributed by atoms with Crippen molar-refractivity contribution in [2.45, 2.75) is 24.8 Å². The van der Waals surface area contributed by atoms with E-state index in [2.05, 4.69) is 4.72 Å². The number of rotatable bonds is 7. The van der Waals surface area contributed by atoms with Crippen molar-refractivity contribution >= 4 is 10.0 Å². The molecule has 2 aromatic rings. The fourth-order valence-corrected chi connectivity index (χ4v) is 3.83. The summed E-state index contributed by atoms with van der Waals surface area (Å²) in [6.45, 7) is 3.57. The Morgan fingerprint density at radius 3 is 2.04 bits per heavy atom. The topological polar surface area (TPSA) is 73.9 Å². The van der Waals surface area contributed by atoms with E-state index in [4.69, 9.17) is 14.2 Å². The Bertz CT molecular complexity index is 849. The van der Waals surface area contributed by atoms with Crippen LogP contribution in [0.1, 0.15) is 24.1 Å². The van der Waals surface area contributed by atoms with Gasteiger partial charge >= 0.3 is 0 Å². The molecule has 0 amide bonds. The highest BCUT2D eigenvalue weighted by atomic mass is 32.2. The van der Waals surface area contributed by atoms with Gasteiger partial charge in [-0.3, -0.25) is 0 Å². The fourth-order valence-electron chi connectivity index (χ4n) is 2.51. The highest BCUT2D eigenvalue weighted by Gasteiger charge is 2.20. The number of hydrogen-bond acceptors (Lipinski definition) is 5. The van der Waals surface area contributed by atoms with Crippen LogP contribution in [-0.4, -0.2) is 29.7 Å². The lowest BCUT2D eigenvalue weighted by Gasteiger charge is -2.17. The molecule has 25 heavy (non-hydrogen) atoms. The van der Waals surface area contributed by atoms with E-state index < -0.39 is 16.1 Å². The van der Waals surface area contributed by atoms with Crippen LogP contribution in [0, 0.1) is 6.92 Å². The molecule has 0 saturated carbocycles.